The van der Waals surface area contributed by atoms with E-state index < -0.39 is 11.7 Å². The molecule has 0 aliphatic heterocycles. The van der Waals surface area contributed by atoms with Gasteiger partial charge in [0.1, 0.15) is 11.7 Å². The van der Waals surface area contributed by atoms with Crippen LogP contribution in [0.2, 0.25) is 0 Å². The summed E-state index contributed by atoms with van der Waals surface area (Å²) in [4.78, 5) is 0. The van der Waals surface area contributed by atoms with Gasteiger partial charge in [-0.05, 0) is 5.56 Å². The van der Waals surface area contributed by atoms with Gasteiger partial charge in [-0.1, -0.05) is 30.3 Å². The van der Waals surface area contributed by atoms with Gasteiger partial charge in [0.05, 0.1) is 0 Å². The van der Waals surface area contributed by atoms with E-state index in [1.54, 1.807) is 0 Å². The summed E-state index contributed by atoms with van der Waals surface area (Å²) in [6.45, 7) is 0. The Hall–Kier alpha value is -1.18. The smallest absolute Gasteiger partial charge is 0.139 e. The average Bonchev–Trinajstić information content (AvgIpc) is 2.15. The number of hydrogen-bond acceptors (Lipinski definition) is 0. The molecule has 1 aromatic rings. The van der Waals surface area contributed by atoms with Crippen molar-refractivity contribution in [3.05, 3.63) is 47.5 Å². The van der Waals surface area contributed by atoms with Gasteiger partial charge < -0.3 is 0 Å². The maximum absolute atomic E-state index is 12.8. The standard InChI is InChI=1S/C10H8F2/c11-9-6-8(10(9)12)7-4-2-1-3-5-7/h1-5,8H,6H2. The lowest BCUT2D eigenvalue weighted by Crippen LogP contribution is -2.10. The van der Waals surface area contributed by atoms with Crippen molar-refractivity contribution in [2.24, 2.45) is 0 Å². The van der Waals surface area contributed by atoms with Crippen molar-refractivity contribution < 1.29 is 8.78 Å². The SMILES string of the molecule is FC1=C(F)C(c2ccccc2)C1. The summed E-state index contributed by atoms with van der Waals surface area (Å²) in [5, 5.41) is 0. The van der Waals surface area contributed by atoms with E-state index in [0.717, 1.165) is 5.56 Å². The Morgan fingerprint density at radius 3 is 2.25 bits per heavy atom. The minimum Gasteiger partial charge on any atom is -0.209 e. The van der Waals surface area contributed by atoms with Crippen molar-refractivity contribution in [1.29, 1.82) is 0 Å². The Morgan fingerprint density at radius 1 is 1.08 bits per heavy atom. The normalized spacial score (nSPS) is 22.3. The molecule has 0 aromatic heterocycles. The lowest BCUT2D eigenvalue weighted by Gasteiger charge is -2.23. The predicted octanol–water partition coefficient (Wildman–Crippen LogP) is 3.32. The van der Waals surface area contributed by atoms with Gasteiger partial charge in [-0.3, -0.25) is 0 Å². The molecule has 0 nitrogen and oxygen atoms in total. The van der Waals surface area contributed by atoms with Crippen molar-refractivity contribution in [3.63, 3.8) is 0 Å². The van der Waals surface area contributed by atoms with Crippen LogP contribution in [0.25, 0.3) is 0 Å². The molecule has 1 aliphatic rings. The van der Waals surface area contributed by atoms with Crippen LogP contribution in [0.4, 0.5) is 8.78 Å². The van der Waals surface area contributed by atoms with Gasteiger partial charge in [0.25, 0.3) is 0 Å². The predicted molar refractivity (Wildman–Crippen MR) is 43.0 cm³/mol. The van der Waals surface area contributed by atoms with Crippen LogP contribution in [-0.2, 0) is 0 Å². The van der Waals surface area contributed by atoms with E-state index in [4.69, 9.17) is 0 Å². The summed E-state index contributed by atoms with van der Waals surface area (Å²) in [5.41, 5.74) is 0.858. The second-order valence-electron chi connectivity index (χ2n) is 2.92. The fourth-order valence-electron chi connectivity index (χ4n) is 1.37. The molecule has 1 aromatic carbocycles. The zero-order valence-electron chi connectivity index (χ0n) is 6.43. The summed E-state index contributed by atoms with van der Waals surface area (Å²) in [6, 6.07) is 9.16. The Bertz CT molecular complexity index is 314. The molecule has 0 saturated heterocycles. The van der Waals surface area contributed by atoms with Gasteiger partial charge in [-0.2, -0.15) is 0 Å². The molecule has 0 fully saturated rings. The molecule has 62 valence electrons. The van der Waals surface area contributed by atoms with Gasteiger partial charge in [0.15, 0.2) is 0 Å². The van der Waals surface area contributed by atoms with Crippen LogP contribution in [0.1, 0.15) is 17.9 Å². The Labute approximate surface area is 69.5 Å². The van der Waals surface area contributed by atoms with Crippen LogP contribution in [0.3, 0.4) is 0 Å². The highest BCUT2D eigenvalue weighted by molar-refractivity contribution is 5.34. The van der Waals surface area contributed by atoms with E-state index in [2.05, 4.69) is 0 Å². The number of halogens is 2. The van der Waals surface area contributed by atoms with Gasteiger partial charge in [0, 0.05) is 12.3 Å². The average molecular weight is 166 g/mol. The molecule has 0 N–H and O–H groups in total. The minimum atomic E-state index is -0.596. The van der Waals surface area contributed by atoms with E-state index in [1.807, 2.05) is 30.3 Å². The van der Waals surface area contributed by atoms with Crippen LogP contribution in [0, 0.1) is 0 Å². The van der Waals surface area contributed by atoms with Gasteiger partial charge in [-0.25, -0.2) is 8.78 Å². The fraction of sp³-hybridized carbons (Fsp3) is 0.200. The summed E-state index contributed by atoms with van der Waals surface area (Å²) >= 11 is 0. The highest BCUT2D eigenvalue weighted by atomic mass is 19.2. The molecule has 0 heterocycles. The molecular formula is C10H8F2. The van der Waals surface area contributed by atoms with E-state index in [-0.39, 0.29) is 12.3 Å². The third-order valence-electron chi connectivity index (χ3n) is 2.15. The second kappa shape index (κ2) is 2.70. The van der Waals surface area contributed by atoms with Gasteiger partial charge in [0.2, 0.25) is 0 Å². The number of benzene rings is 1. The van der Waals surface area contributed by atoms with Gasteiger partial charge >= 0.3 is 0 Å². The first-order valence-electron chi connectivity index (χ1n) is 3.88. The molecule has 1 unspecified atom stereocenters. The van der Waals surface area contributed by atoms with E-state index in [0.29, 0.717) is 0 Å². The maximum Gasteiger partial charge on any atom is 0.139 e. The Morgan fingerprint density at radius 2 is 1.75 bits per heavy atom. The molecule has 0 bridgehead atoms. The van der Waals surface area contributed by atoms with Crippen LogP contribution in [-0.4, -0.2) is 0 Å². The summed E-state index contributed by atoms with van der Waals surface area (Å²) in [6.07, 6.45) is 0.218. The van der Waals surface area contributed by atoms with Crippen molar-refractivity contribution in [3.8, 4) is 0 Å². The largest absolute Gasteiger partial charge is 0.209 e. The molecule has 0 spiro atoms. The fourth-order valence-corrected chi connectivity index (χ4v) is 1.37. The highest BCUT2D eigenvalue weighted by Gasteiger charge is 2.31. The van der Waals surface area contributed by atoms with Gasteiger partial charge in [-0.15, -0.1) is 0 Å². The van der Waals surface area contributed by atoms with Crippen molar-refractivity contribution in [1.82, 2.24) is 0 Å². The number of rotatable bonds is 1. The number of hydrogen-bond donors (Lipinski definition) is 0. The summed E-state index contributed by atoms with van der Waals surface area (Å²) < 4.78 is 25.1. The molecule has 0 saturated carbocycles. The minimum absolute atomic E-state index is 0.218. The molecule has 2 heteroatoms. The van der Waals surface area contributed by atoms with E-state index in [1.165, 1.54) is 0 Å². The third-order valence-corrected chi connectivity index (χ3v) is 2.15. The maximum atomic E-state index is 12.8. The summed E-state index contributed by atoms with van der Waals surface area (Å²) in [7, 11) is 0. The molecule has 1 atom stereocenters. The summed E-state index contributed by atoms with van der Waals surface area (Å²) in [5.74, 6) is -1.52. The second-order valence-corrected chi connectivity index (χ2v) is 2.92. The van der Waals surface area contributed by atoms with Crippen molar-refractivity contribution >= 4 is 0 Å². The quantitative estimate of drug-likeness (QED) is 0.600. The zero-order chi connectivity index (χ0) is 8.55. The first kappa shape index (κ1) is 7.47. The van der Waals surface area contributed by atoms with Crippen LogP contribution >= 0.6 is 0 Å². The molecule has 1 aliphatic carbocycles. The third kappa shape index (κ3) is 1.04. The van der Waals surface area contributed by atoms with Crippen LogP contribution in [0.15, 0.2) is 42.0 Å². The van der Waals surface area contributed by atoms with E-state index in [9.17, 15) is 8.78 Å². The molecule has 12 heavy (non-hydrogen) atoms. The number of allylic oxidation sites excluding steroid dienone is 2. The Balaban J connectivity index is 2.26. The lowest BCUT2D eigenvalue weighted by molar-refractivity contribution is 0.384. The first-order valence-corrected chi connectivity index (χ1v) is 3.88. The lowest BCUT2D eigenvalue weighted by atomic mass is 9.85. The van der Waals surface area contributed by atoms with Crippen molar-refractivity contribution in [2.45, 2.75) is 12.3 Å². The van der Waals surface area contributed by atoms with Crippen LogP contribution in [0.5, 0.6) is 0 Å². The monoisotopic (exact) mass is 166 g/mol. The molecule has 0 radical (unpaired) electrons. The van der Waals surface area contributed by atoms with Crippen molar-refractivity contribution in [2.75, 3.05) is 0 Å². The molecular weight excluding hydrogens is 158 g/mol. The molecule has 2 rings (SSSR count). The Kier molecular flexibility index (Phi) is 1.68. The zero-order valence-corrected chi connectivity index (χ0v) is 6.43. The van der Waals surface area contributed by atoms with Crippen LogP contribution < -0.4 is 0 Å². The molecule has 0 amide bonds. The first-order chi connectivity index (χ1) is 5.79. The van der Waals surface area contributed by atoms with E-state index >= 15 is 0 Å². The highest BCUT2D eigenvalue weighted by Crippen LogP contribution is 2.43. The topological polar surface area (TPSA) is 0 Å².